The fourth-order valence-electron chi connectivity index (χ4n) is 4.85. The van der Waals surface area contributed by atoms with Crippen molar-refractivity contribution < 1.29 is 14.4 Å². The molecule has 1 fully saturated rings. The van der Waals surface area contributed by atoms with Gasteiger partial charge in [0, 0.05) is 25.4 Å². The van der Waals surface area contributed by atoms with E-state index in [2.05, 4.69) is 28.1 Å². The normalized spacial score (nSPS) is 16.0. The molecule has 8 heteroatoms. The fraction of sp³-hybridized carbons (Fsp3) is 0.536. The lowest BCUT2D eigenvalue weighted by Crippen LogP contribution is -2.54. The molecule has 3 N–H and O–H groups in total. The molecule has 2 atom stereocenters. The van der Waals surface area contributed by atoms with Gasteiger partial charge in [0.1, 0.15) is 12.1 Å². The summed E-state index contributed by atoms with van der Waals surface area (Å²) in [6, 6.07) is 13.0. The van der Waals surface area contributed by atoms with Crippen LogP contribution in [0.2, 0.25) is 0 Å². The first-order valence-electron chi connectivity index (χ1n) is 13.0. The van der Waals surface area contributed by atoms with E-state index in [-0.39, 0.29) is 36.0 Å². The zero-order chi connectivity index (χ0) is 25.2. The van der Waals surface area contributed by atoms with Gasteiger partial charge in [-0.05, 0) is 62.0 Å². The van der Waals surface area contributed by atoms with Crippen molar-refractivity contribution in [2.24, 2.45) is 5.92 Å². The Kier molecular flexibility index (Phi) is 12.2. The second kappa shape index (κ2) is 14.8. The first-order valence-corrected chi connectivity index (χ1v) is 13.0. The third-order valence-corrected chi connectivity index (χ3v) is 6.96. The van der Waals surface area contributed by atoms with E-state index in [1.54, 1.807) is 4.90 Å². The van der Waals surface area contributed by atoms with Gasteiger partial charge in [-0.25, -0.2) is 0 Å². The van der Waals surface area contributed by atoms with Crippen molar-refractivity contribution in [3.63, 3.8) is 0 Å². The quantitative estimate of drug-likeness (QED) is 0.377. The molecule has 0 saturated carbocycles. The number of amides is 3. The second-order valence-corrected chi connectivity index (χ2v) is 9.40. The first kappa shape index (κ1) is 29.6. The molecule has 0 aliphatic carbocycles. The van der Waals surface area contributed by atoms with Gasteiger partial charge in [-0.15, -0.1) is 12.4 Å². The number of fused-ring (bicyclic) bond motifs is 1. The van der Waals surface area contributed by atoms with E-state index in [9.17, 15) is 14.4 Å². The van der Waals surface area contributed by atoms with Gasteiger partial charge in [0.05, 0.1) is 0 Å². The largest absolute Gasteiger partial charge is 0.354 e. The number of likely N-dealkylation sites (tertiary alicyclic amines) is 1. The van der Waals surface area contributed by atoms with Crippen LogP contribution in [0.3, 0.4) is 0 Å². The van der Waals surface area contributed by atoms with Crippen molar-refractivity contribution in [1.29, 1.82) is 0 Å². The molecule has 2 aromatic rings. The summed E-state index contributed by atoms with van der Waals surface area (Å²) in [7, 11) is 1.88. The highest BCUT2D eigenvalue weighted by atomic mass is 35.5. The topological polar surface area (TPSA) is 90.5 Å². The second-order valence-electron chi connectivity index (χ2n) is 9.40. The highest BCUT2D eigenvalue weighted by Crippen LogP contribution is 2.23. The molecule has 3 rings (SSSR count). The molecule has 1 aliphatic heterocycles. The van der Waals surface area contributed by atoms with Crippen LogP contribution in [0, 0.1) is 5.92 Å². The van der Waals surface area contributed by atoms with Crippen LogP contribution < -0.4 is 16.0 Å². The highest BCUT2D eigenvalue weighted by Gasteiger charge is 2.37. The number of nitrogens with one attached hydrogen (secondary N) is 3. The summed E-state index contributed by atoms with van der Waals surface area (Å²) in [5.41, 5.74) is 0.982. The lowest BCUT2D eigenvalue weighted by molar-refractivity contribution is -0.142. The van der Waals surface area contributed by atoms with Crippen LogP contribution in [0.5, 0.6) is 0 Å². The Hall–Kier alpha value is -2.64. The average molecular weight is 517 g/mol. The van der Waals surface area contributed by atoms with Crippen LogP contribution in [0.1, 0.15) is 51.5 Å². The number of carbonyl (C=O) groups excluding carboxylic acids is 3. The van der Waals surface area contributed by atoms with E-state index < -0.39 is 12.1 Å². The van der Waals surface area contributed by atoms with Crippen LogP contribution in [-0.4, -0.2) is 61.4 Å². The van der Waals surface area contributed by atoms with Crippen molar-refractivity contribution in [2.75, 3.05) is 26.7 Å². The molecule has 7 nitrogen and oxygen atoms in total. The maximum absolute atomic E-state index is 13.4. The number of benzene rings is 2. The van der Waals surface area contributed by atoms with Gasteiger partial charge in [0.2, 0.25) is 17.7 Å². The number of carbonyl (C=O) groups is 3. The Morgan fingerprint density at radius 3 is 2.44 bits per heavy atom. The zero-order valence-corrected chi connectivity index (χ0v) is 22.5. The molecule has 0 bridgehead atoms. The summed E-state index contributed by atoms with van der Waals surface area (Å²) >= 11 is 0. The van der Waals surface area contributed by atoms with Crippen molar-refractivity contribution in [3.8, 4) is 0 Å². The SMILES string of the molecule is CCC(CC)C(=O)N1CCCC1C(=O)N[C@H](Cc1ccc2ccccc2c1)C(=O)NCCCNC.Cl. The third kappa shape index (κ3) is 7.68. The molecule has 3 amide bonds. The molecule has 1 aliphatic rings. The monoisotopic (exact) mass is 516 g/mol. The summed E-state index contributed by atoms with van der Waals surface area (Å²) in [6.07, 6.45) is 4.15. The van der Waals surface area contributed by atoms with Crippen molar-refractivity contribution in [3.05, 3.63) is 48.0 Å². The van der Waals surface area contributed by atoms with Crippen LogP contribution in [0.25, 0.3) is 10.8 Å². The average Bonchev–Trinajstić information content (AvgIpc) is 3.37. The molecular weight excluding hydrogens is 476 g/mol. The molecule has 0 spiro atoms. The highest BCUT2D eigenvalue weighted by molar-refractivity contribution is 5.93. The smallest absolute Gasteiger partial charge is 0.243 e. The van der Waals surface area contributed by atoms with Crippen LogP contribution >= 0.6 is 12.4 Å². The minimum Gasteiger partial charge on any atom is -0.354 e. The summed E-state index contributed by atoms with van der Waals surface area (Å²) in [5, 5.41) is 11.3. The molecule has 1 unspecified atom stereocenters. The Morgan fingerprint density at radius 1 is 1.03 bits per heavy atom. The van der Waals surface area contributed by atoms with E-state index in [1.807, 2.05) is 51.2 Å². The zero-order valence-electron chi connectivity index (χ0n) is 21.7. The van der Waals surface area contributed by atoms with Crippen molar-refractivity contribution >= 4 is 40.9 Å². The van der Waals surface area contributed by atoms with Gasteiger partial charge in [-0.2, -0.15) is 0 Å². The lowest BCUT2D eigenvalue weighted by Gasteiger charge is -2.29. The predicted molar refractivity (Wildman–Crippen MR) is 147 cm³/mol. The fourth-order valence-corrected chi connectivity index (χ4v) is 4.85. The van der Waals surface area contributed by atoms with Crippen LogP contribution in [0.15, 0.2) is 42.5 Å². The lowest BCUT2D eigenvalue weighted by atomic mass is 10.00. The maximum atomic E-state index is 13.4. The summed E-state index contributed by atoms with van der Waals surface area (Å²) in [4.78, 5) is 41.2. The van der Waals surface area contributed by atoms with Gasteiger partial charge >= 0.3 is 0 Å². The van der Waals surface area contributed by atoms with Crippen LogP contribution in [0.4, 0.5) is 0 Å². The minimum atomic E-state index is -0.705. The van der Waals surface area contributed by atoms with Crippen molar-refractivity contribution in [2.45, 2.75) is 64.5 Å². The van der Waals surface area contributed by atoms with Crippen LogP contribution in [-0.2, 0) is 20.8 Å². The van der Waals surface area contributed by atoms with Gasteiger partial charge < -0.3 is 20.9 Å². The van der Waals surface area contributed by atoms with E-state index in [1.165, 1.54) is 0 Å². The van der Waals surface area contributed by atoms with E-state index in [0.717, 1.165) is 48.6 Å². The molecule has 1 saturated heterocycles. The van der Waals surface area contributed by atoms with E-state index in [4.69, 9.17) is 0 Å². The molecule has 0 radical (unpaired) electrons. The Balaban J connectivity index is 0.00000456. The molecule has 198 valence electrons. The predicted octanol–water partition coefficient (Wildman–Crippen LogP) is 3.44. The van der Waals surface area contributed by atoms with E-state index >= 15 is 0 Å². The number of hydrogen-bond acceptors (Lipinski definition) is 4. The first-order chi connectivity index (χ1) is 17.0. The van der Waals surface area contributed by atoms with E-state index in [0.29, 0.717) is 25.9 Å². The molecule has 1 heterocycles. The summed E-state index contributed by atoms with van der Waals surface area (Å²) in [6.45, 7) is 5.95. The van der Waals surface area contributed by atoms with Gasteiger partial charge in [0.25, 0.3) is 0 Å². The maximum Gasteiger partial charge on any atom is 0.243 e. The molecule has 36 heavy (non-hydrogen) atoms. The Labute approximate surface area is 221 Å². The number of hydrogen-bond donors (Lipinski definition) is 3. The number of nitrogens with zero attached hydrogens (tertiary/aromatic N) is 1. The summed E-state index contributed by atoms with van der Waals surface area (Å²) < 4.78 is 0. The Bertz CT molecular complexity index is 1010. The van der Waals surface area contributed by atoms with Crippen molar-refractivity contribution in [1.82, 2.24) is 20.9 Å². The standard InChI is InChI=1S/C28H40N4O3.ClH/c1-4-21(5-2)28(35)32-17-8-12-25(32)27(34)31-24(26(33)30-16-9-15-29-3)19-20-13-14-22-10-6-7-11-23(22)18-20;/h6-7,10-11,13-14,18,21,24-25,29H,4-5,8-9,12,15-17,19H2,1-3H3,(H,30,33)(H,31,34);1H/t24-,25?;/m1./s1. The Morgan fingerprint density at radius 2 is 1.75 bits per heavy atom. The van der Waals surface area contributed by atoms with Gasteiger partial charge in [0.15, 0.2) is 0 Å². The van der Waals surface area contributed by atoms with Gasteiger partial charge in [-0.3, -0.25) is 14.4 Å². The molecule has 0 aromatic heterocycles. The molecule has 2 aromatic carbocycles. The van der Waals surface area contributed by atoms with Gasteiger partial charge in [-0.1, -0.05) is 56.3 Å². The number of halogens is 1. The molecular formula is C28H41ClN4O3. The minimum absolute atomic E-state index is 0. The third-order valence-electron chi connectivity index (χ3n) is 6.96. The summed E-state index contributed by atoms with van der Waals surface area (Å²) in [5.74, 6) is -0.445. The number of rotatable bonds is 12.